The van der Waals surface area contributed by atoms with Gasteiger partial charge in [0.15, 0.2) is 0 Å². The van der Waals surface area contributed by atoms with Gasteiger partial charge in [-0.15, -0.1) is 0 Å². The summed E-state index contributed by atoms with van der Waals surface area (Å²) in [6.07, 6.45) is 2.77. The molecule has 0 saturated carbocycles. The van der Waals surface area contributed by atoms with Crippen molar-refractivity contribution in [2.75, 3.05) is 13.7 Å². The van der Waals surface area contributed by atoms with Gasteiger partial charge in [0, 0.05) is 13.2 Å². The first-order valence-corrected chi connectivity index (χ1v) is 6.38. The molecule has 0 radical (unpaired) electrons. The maximum absolute atomic E-state index is 5.65. The van der Waals surface area contributed by atoms with Gasteiger partial charge in [-0.1, -0.05) is 47.5 Å². The fraction of sp³-hybridized carbons (Fsp3) is 1.00. The first-order chi connectivity index (χ1) is 7.12. The zero-order valence-electron chi connectivity index (χ0n) is 11.3. The topological polar surface area (TPSA) is 21.3 Å². The third-order valence-electron chi connectivity index (χ3n) is 3.28. The van der Waals surface area contributed by atoms with E-state index in [1.165, 1.54) is 12.8 Å². The van der Waals surface area contributed by atoms with E-state index in [1.54, 1.807) is 0 Å². The molecule has 0 amide bonds. The van der Waals surface area contributed by atoms with Crippen LogP contribution < -0.4 is 5.32 Å². The van der Waals surface area contributed by atoms with Gasteiger partial charge in [0.1, 0.15) is 0 Å². The van der Waals surface area contributed by atoms with E-state index in [0.717, 1.165) is 12.5 Å². The van der Waals surface area contributed by atoms with Crippen LogP contribution in [0.4, 0.5) is 0 Å². The Bertz CT molecular complexity index is 143. The maximum Gasteiger partial charge on any atom is 0.0749 e. The fourth-order valence-corrected chi connectivity index (χ4v) is 2.42. The predicted octanol–water partition coefficient (Wildman–Crippen LogP) is 3.07. The molecule has 0 saturated heterocycles. The number of hydrogen-bond donors (Lipinski definition) is 1. The minimum atomic E-state index is 0.329. The van der Waals surface area contributed by atoms with Crippen molar-refractivity contribution in [3.05, 3.63) is 0 Å². The molecule has 2 unspecified atom stereocenters. The van der Waals surface area contributed by atoms with Crippen LogP contribution in [0.5, 0.6) is 0 Å². The van der Waals surface area contributed by atoms with Crippen LogP contribution in [0, 0.1) is 11.8 Å². The molecule has 0 aliphatic rings. The molecule has 0 rings (SSSR count). The molecule has 0 aliphatic carbocycles. The second-order valence-electron chi connectivity index (χ2n) is 4.60. The lowest BCUT2D eigenvalue weighted by Crippen LogP contribution is -2.48. The number of hydrogen-bond acceptors (Lipinski definition) is 2. The Morgan fingerprint density at radius 3 is 1.87 bits per heavy atom. The number of rotatable bonds is 8. The van der Waals surface area contributed by atoms with Crippen molar-refractivity contribution < 1.29 is 4.74 Å². The van der Waals surface area contributed by atoms with Crippen molar-refractivity contribution in [2.45, 2.75) is 59.6 Å². The molecule has 0 aromatic carbocycles. The highest BCUT2D eigenvalue weighted by atomic mass is 16.5. The van der Waals surface area contributed by atoms with E-state index < -0.39 is 0 Å². The first kappa shape index (κ1) is 14.9. The molecule has 2 atom stereocenters. The Kier molecular flexibility index (Phi) is 8.07. The van der Waals surface area contributed by atoms with Crippen LogP contribution in [0.15, 0.2) is 0 Å². The van der Waals surface area contributed by atoms with E-state index in [0.29, 0.717) is 18.1 Å². The zero-order valence-corrected chi connectivity index (χ0v) is 11.3. The summed E-state index contributed by atoms with van der Waals surface area (Å²) < 4.78 is 5.65. The van der Waals surface area contributed by atoms with Crippen LogP contribution in [-0.4, -0.2) is 25.8 Å². The minimum absolute atomic E-state index is 0.329. The molecule has 0 spiro atoms. The van der Waals surface area contributed by atoms with Gasteiger partial charge < -0.3 is 10.1 Å². The van der Waals surface area contributed by atoms with E-state index in [9.17, 15) is 0 Å². The second-order valence-corrected chi connectivity index (χ2v) is 4.60. The Balaban J connectivity index is 4.58. The van der Waals surface area contributed by atoms with Gasteiger partial charge in [-0.05, 0) is 18.4 Å². The molecule has 0 aliphatic heterocycles. The lowest BCUT2D eigenvalue weighted by Gasteiger charge is -2.35. The van der Waals surface area contributed by atoms with E-state index in [4.69, 9.17) is 4.74 Å². The number of likely N-dealkylation sites (N-methyl/N-ethyl adjacent to an activating group) is 1. The highest BCUT2D eigenvalue weighted by Crippen LogP contribution is 2.22. The predicted molar refractivity (Wildman–Crippen MR) is 67.2 cm³/mol. The fourth-order valence-electron chi connectivity index (χ4n) is 2.42. The third-order valence-corrected chi connectivity index (χ3v) is 3.28. The number of nitrogens with one attached hydrogen (secondary N) is 1. The van der Waals surface area contributed by atoms with Crippen LogP contribution in [0.25, 0.3) is 0 Å². The highest BCUT2D eigenvalue weighted by molar-refractivity contribution is 4.84. The summed E-state index contributed by atoms with van der Waals surface area (Å²) in [6.45, 7) is 12.2. The van der Waals surface area contributed by atoms with Gasteiger partial charge in [-0.3, -0.25) is 0 Å². The van der Waals surface area contributed by atoms with Crippen LogP contribution in [-0.2, 0) is 4.74 Å². The molecular formula is C13H29NO. The van der Waals surface area contributed by atoms with Crippen LogP contribution >= 0.6 is 0 Å². The van der Waals surface area contributed by atoms with Crippen molar-refractivity contribution in [3.63, 3.8) is 0 Å². The second kappa shape index (κ2) is 8.12. The largest absolute Gasteiger partial charge is 0.380 e. The molecule has 92 valence electrons. The normalized spacial score (nSPS) is 16.0. The quantitative estimate of drug-likeness (QED) is 0.672. The molecule has 0 bridgehead atoms. The van der Waals surface area contributed by atoms with E-state index >= 15 is 0 Å². The molecular weight excluding hydrogens is 186 g/mol. The number of ether oxygens (including phenoxy) is 1. The Labute approximate surface area is 95.8 Å². The molecule has 15 heavy (non-hydrogen) atoms. The average molecular weight is 215 g/mol. The van der Waals surface area contributed by atoms with Crippen molar-refractivity contribution >= 4 is 0 Å². The summed E-state index contributed by atoms with van der Waals surface area (Å²) in [6, 6.07) is 0.495. The van der Waals surface area contributed by atoms with Crippen LogP contribution in [0.3, 0.4) is 0 Å². The smallest absolute Gasteiger partial charge is 0.0749 e. The molecule has 2 heteroatoms. The summed E-state index contributed by atoms with van der Waals surface area (Å²) in [5.74, 6) is 1.29. The van der Waals surface area contributed by atoms with Crippen molar-refractivity contribution in [1.29, 1.82) is 0 Å². The van der Waals surface area contributed by atoms with Crippen molar-refractivity contribution in [1.82, 2.24) is 5.32 Å². The van der Waals surface area contributed by atoms with Crippen LogP contribution in [0.2, 0.25) is 0 Å². The Hall–Kier alpha value is -0.0800. The van der Waals surface area contributed by atoms with Gasteiger partial charge in [-0.25, -0.2) is 0 Å². The Morgan fingerprint density at radius 1 is 1.07 bits per heavy atom. The molecule has 1 N–H and O–H groups in total. The monoisotopic (exact) mass is 215 g/mol. The SMILES string of the molecule is CCNC(C(CC)CC)C(OC)C(C)C. The summed E-state index contributed by atoms with van der Waals surface area (Å²) in [7, 11) is 1.83. The molecule has 0 fully saturated rings. The standard InChI is InChI=1S/C13H29NO/c1-7-11(8-2)12(14-9-3)13(15-6)10(4)5/h10-14H,7-9H2,1-6H3. The van der Waals surface area contributed by atoms with E-state index in [1.807, 2.05) is 7.11 Å². The lowest BCUT2D eigenvalue weighted by molar-refractivity contribution is 0.0137. The Morgan fingerprint density at radius 2 is 1.60 bits per heavy atom. The van der Waals surface area contributed by atoms with Crippen molar-refractivity contribution in [2.24, 2.45) is 11.8 Å². The van der Waals surface area contributed by atoms with Gasteiger partial charge in [0.05, 0.1) is 6.10 Å². The van der Waals surface area contributed by atoms with Crippen LogP contribution in [0.1, 0.15) is 47.5 Å². The first-order valence-electron chi connectivity index (χ1n) is 6.38. The van der Waals surface area contributed by atoms with Gasteiger partial charge in [-0.2, -0.15) is 0 Å². The minimum Gasteiger partial charge on any atom is -0.380 e. The third kappa shape index (κ3) is 4.52. The number of methoxy groups -OCH3 is 1. The van der Waals surface area contributed by atoms with Gasteiger partial charge in [0.2, 0.25) is 0 Å². The van der Waals surface area contributed by atoms with Crippen molar-refractivity contribution in [3.8, 4) is 0 Å². The van der Waals surface area contributed by atoms with E-state index in [2.05, 4.69) is 39.9 Å². The lowest BCUT2D eigenvalue weighted by atomic mass is 9.85. The van der Waals surface area contributed by atoms with Gasteiger partial charge >= 0.3 is 0 Å². The zero-order chi connectivity index (χ0) is 11.8. The molecule has 0 aromatic heterocycles. The average Bonchev–Trinajstić information content (AvgIpc) is 2.20. The summed E-state index contributed by atoms with van der Waals surface area (Å²) in [5.41, 5.74) is 0. The summed E-state index contributed by atoms with van der Waals surface area (Å²) in [5, 5.41) is 3.59. The van der Waals surface area contributed by atoms with Gasteiger partial charge in [0.25, 0.3) is 0 Å². The summed E-state index contributed by atoms with van der Waals surface area (Å²) >= 11 is 0. The molecule has 0 heterocycles. The molecule has 0 aromatic rings. The summed E-state index contributed by atoms with van der Waals surface area (Å²) in [4.78, 5) is 0. The van der Waals surface area contributed by atoms with E-state index in [-0.39, 0.29) is 0 Å². The molecule has 2 nitrogen and oxygen atoms in total. The highest BCUT2D eigenvalue weighted by Gasteiger charge is 2.28. The maximum atomic E-state index is 5.65.